The van der Waals surface area contributed by atoms with Crippen LogP contribution in [0.25, 0.3) is 0 Å². The first-order chi connectivity index (χ1) is 25.0. The number of esters is 1. The molecule has 2 heterocycles. The minimum atomic E-state index is -0.922. The molecule has 276 valence electrons. The van der Waals surface area contributed by atoms with Crippen LogP contribution in [-0.4, -0.2) is 68.5 Å². The number of carbonyl (C=O) groups excluding carboxylic acids is 5. The highest BCUT2D eigenvalue weighted by molar-refractivity contribution is 6.17. The summed E-state index contributed by atoms with van der Waals surface area (Å²) < 4.78 is 16.4. The standard InChI is InChI=1S/C38H44ClN5O8/c1-22(41-34(45)11-7-8-12-35(46)51-4)36(47)42-23(2)37(48)43-27-14-24(19-39)13-25(15-27)21-52-33-18-30-29(17-32(33)50-3)38(49)44-28(20-40-30)16-26-9-5-6-10-31(26)44/h5-6,9-10,13-15,17-18,22-23,28,40H,7-8,11-12,16,19-21H2,1-4H3,(H,41,45)(H,42,47)(H,43,48)/t22-,23-,28-/m0/s1. The van der Waals surface area contributed by atoms with Crippen LogP contribution in [-0.2, 0) is 42.8 Å². The van der Waals surface area contributed by atoms with Crippen molar-refractivity contribution in [2.75, 3.05) is 36.3 Å². The average molecular weight is 734 g/mol. The van der Waals surface area contributed by atoms with Crippen molar-refractivity contribution in [2.24, 2.45) is 0 Å². The van der Waals surface area contributed by atoms with Gasteiger partial charge in [-0.25, -0.2) is 0 Å². The zero-order valence-electron chi connectivity index (χ0n) is 29.7. The summed E-state index contributed by atoms with van der Waals surface area (Å²) in [4.78, 5) is 64.9. The van der Waals surface area contributed by atoms with E-state index in [0.29, 0.717) is 53.4 Å². The van der Waals surface area contributed by atoms with Gasteiger partial charge in [0.1, 0.15) is 18.7 Å². The Labute approximate surface area is 307 Å². The number of para-hydroxylation sites is 1. The molecule has 3 aromatic rings. The summed E-state index contributed by atoms with van der Waals surface area (Å²) in [5.41, 5.74) is 5.11. The highest BCUT2D eigenvalue weighted by Crippen LogP contribution is 2.40. The molecular formula is C38H44ClN5O8. The summed E-state index contributed by atoms with van der Waals surface area (Å²) in [7, 11) is 2.82. The monoisotopic (exact) mass is 733 g/mol. The van der Waals surface area contributed by atoms with Crippen LogP contribution in [0.3, 0.4) is 0 Å². The largest absolute Gasteiger partial charge is 0.493 e. The molecule has 4 amide bonds. The van der Waals surface area contributed by atoms with Crippen LogP contribution in [0.1, 0.15) is 66.6 Å². The number of alkyl halides is 1. The maximum atomic E-state index is 13.8. The number of anilines is 3. The molecule has 52 heavy (non-hydrogen) atoms. The van der Waals surface area contributed by atoms with Gasteiger partial charge in [-0.2, -0.15) is 0 Å². The summed E-state index contributed by atoms with van der Waals surface area (Å²) in [6.07, 6.45) is 2.10. The molecule has 0 saturated heterocycles. The third kappa shape index (κ3) is 9.13. The molecule has 4 N–H and O–H groups in total. The summed E-state index contributed by atoms with van der Waals surface area (Å²) in [5.74, 6) is -0.770. The maximum Gasteiger partial charge on any atom is 0.305 e. The van der Waals surface area contributed by atoms with E-state index < -0.39 is 23.9 Å². The van der Waals surface area contributed by atoms with Crippen molar-refractivity contribution >= 4 is 58.3 Å². The topological polar surface area (TPSA) is 164 Å². The summed E-state index contributed by atoms with van der Waals surface area (Å²) in [6, 6.07) is 14.9. The van der Waals surface area contributed by atoms with Crippen molar-refractivity contribution in [3.05, 3.63) is 76.9 Å². The van der Waals surface area contributed by atoms with Crippen LogP contribution in [0.4, 0.5) is 17.1 Å². The minimum absolute atomic E-state index is 0.0127. The van der Waals surface area contributed by atoms with E-state index in [2.05, 4.69) is 32.1 Å². The molecule has 0 aliphatic carbocycles. The lowest BCUT2D eigenvalue weighted by atomic mass is 10.1. The van der Waals surface area contributed by atoms with Crippen LogP contribution < -0.4 is 35.6 Å². The Morgan fingerprint density at radius 2 is 1.65 bits per heavy atom. The third-order valence-electron chi connectivity index (χ3n) is 9.01. The molecule has 0 unspecified atom stereocenters. The molecule has 3 atom stereocenters. The number of nitrogens with one attached hydrogen (secondary N) is 4. The van der Waals surface area contributed by atoms with Crippen LogP contribution in [0, 0.1) is 0 Å². The Balaban J connectivity index is 1.19. The van der Waals surface area contributed by atoms with Gasteiger partial charge in [0.25, 0.3) is 5.91 Å². The SMILES string of the molecule is COC(=O)CCCCC(=O)N[C@@H](C)C(=O)N[C@@H](C)C(=O)Nc1cc(CCl)cc(COc2cc3c(cc2OC)C(=O)N2c4ccccc4C[C@H]2CN3)c1. The van der Waals surface area contributed by atoms with Crippen LogP contribution in [0.2, 0.25) is 0 Å². The van der Waals surface area contributed by atoms with Gasteiger partial charge in [-0.3, -0.25) is 24.0 Å². The number of methoxy groups -OCH3 is 2. The number of carbonyl (C=O) groups is 5. The number of benzene rings is 3. The Kier molecular flexibility index (Phi) is 12.6. The van der Waals surface area contributed by atoms with Gasteiger partial charge >= 0.3 is 5.97 Å². The highest BCUT2D eigenvalue weighted by atomic mass is 35.5. The van der Waals surface area contributed by atoms with Gasteiger partial charge < -0.3 is 40.4 Å². The van der Waals surface area contributed by atoms with Gasteiger partial charge in [-0.15, -0.1) is 11.6 Å². The molecule has 0 saturated carbocycles. The van der Waals surface area contributed by atoms with Crippen molar-refractivity contribution in [1.82, 2.24) is 10.6 Å². The Morgan fingerprint density at radius 3 is 2.40 bits per heavy atom. The lowest BCUT2D eigenvalue weighted by Gasteiger charge is -2.22. The first-order valence-corrected chi connectivity index (χ1v) is 17.7. The van der Waals surface area contributed by atoms with E-state index >= 15 is 0 Å². The lowest BCUT2D eigenvalue weighted by molar-refractivity contribution is -0.140. The number of rotatable bonds is 15. The second-order valence-electron chi connectivity index (χ2n) is 12.8. The van der Waals surface area contributed by atoms with Crippen molar-refractivity contribution in [2.45, 2.75) is 76.6 Å². The molecule has 0 aromatic heterocycles. The van der Waals surface area contributed by atoms with E-state index in [-0.39, 0.29) is 49.2 Å². The normalized spacial score (nSPS) is 15.4. The third-order valence-corrected chi connectivity index (χ3v) is 9.32. The number of hydrogen-bond donors (Lipinski definition) is 4. The van der Waals surface area contributed by atoms with Crippen LogP contribution >= 0.6 is 11.6 Å². The summed E-state index contributed by atoms with van der Waals surface area (Å²) >= 11 is 6.19. The van der Waals surface area contributed by atoms with E-state index in [1.165, 1.54) is 28.1 Å². The molecule has 0 spiro atoms. The highest BCUT2D eigenvalue weighted by Gasteiger charge is 2.37. The van der Waals surface area contributed by atoms with Gasteiger partial charge in [-0.05, 0) is 74.1 Å². The molecule has 0 bridgehead atoms. The first-order valence-electron chi connectivity index (χ1n) is 17.2. The molecular weight excluding hydrogens is 690 g/mol. The van der Waals surface area contributed by atoms with E-state index in [1.54, 1.807) is 24.3 Å². The van der Waals surface area contributed by atoms with Crippen molar-refractivity contribution in [1.29, 1.82) is 0 Å². The van der Waals surface area contributed by atoms with Gasteiger partial charge in [0.05, 0.1) is 31.5 Å². The van der Waals surface area contributed by atoms with E-state index in [9.17, 15) is 24.0 Å². The minimum Gasteiger partial charge on any atom is -0.493 e. The Hall–Kier alpha value is -5.30. The molecule has 0 fully saturated rings. The van der Waals surface area contributed by atoms with Crippen LogP contribution in [0.5, 0.6) is 11.5 Å². The smallest absolute Gasteiger partial charge is 0.305 e. The Bertz CT molecular complexity index is 1830. The first kappa shape index (κ1) is 37.9. The fourth-order valence-corrected chi connectivity index (χ4v) is 6.41. The number of nitrogens with zero attached hydrogens (tertiary/aromatic N) is 1. The van der Waals surface area contributed by atoms with Crippen LogP contribution in [0.15, 0.2) is 54.6 Å². The Morgan fingerprint density at radius 1 is 0.923 bits per heavy atom. The molecule has 5 rings (SSSR count). The molecule has 0 radical (unpaired) electrons. The number of ether oxygens (including phenoxy) is 3. The van der Waals surface area contributed by atoms with Gasteiger partial charge in [0, 0.05) is 42.7 Å². The fraction of sp³-hybridized carbons (Fsp3) is 0.395. The molecule has 3 aromatic carbocycles. The van der Waals surface area contributed by atoms with E-state index in [1.807, 2.05) is 29.2 Å². The second kappa shape index (κ2) is 17.3. The van der Waals surface area contributed by atoms with Crippen molar-refractivity contribution < 1.29 is 38.2 Å². The summed E-state index contributed by atoms with van der Waals surface area (Å²) in [6.45, 7) is 3.74. The van der Waals surface area contributed by atoms with E-state index in [0.717, 1.165) is 23.2 Å². The quantitative estimate of drug-likeness (QED) is 0.0986. The molecule has 2 aliphatic heterocycles. The predicted molar refractivity (Wildman–Crippen MR) is 197 cm³/mol. The zero-order valence-corrected chi connectivity index (χ0v) is 30.4. The van der Waals surface area contributed by atoms with E-state index in [4.69, 9.17) is 21.1 Å². The number of unbranched alkanes of at least 4 members (excludes halogenated alkanes) is 1. The summed E-state index contributed by atoms with van der Waals surface area (Å²) in [5, 5.41) is 11.5. The van der Waals surface area contributed by atoms with Gasteiger partial charge in [-0.1, -0.05) is 24.3 Å². The molecule has 13 nitrogen and oxygen atoms in total. The lowest BCUT2D eigenvalue weighted by Crippen LogP contribution is -2.50. The molecule has 2 aliphatic rings. The van der Waals surface area contributed by atoms with Crippen molar-refractivity contribution in [3.8, 4) is 11.5 Å². The zero-order chi connectivity index (χ0) is 37.4. The average Bonchev–Trinajstić information content (AvgIpc) is 3.46. The number of halogens is 1. The van der Waals surface area contributed by atoms with Gasteiger partial charge in [0.15, 0.2) is 11.5 Å². The molecule has 14 heteroatoms. The number of fused-ring (bicyclic) bond motifs is 4. The number of hydrogen-bond acceptors (Lipinski definition) is 9. The fourth-order valence-electron chi connectivity index (χ4n) is 6.26. The van der Waals surface area contributed by atoms with Crippen molar-refractivity contribution in [3.63, 3.8) is 0 Å². The maximum absolute atomic E-state index is 13.8. The van der Waals surface area contributed by atoms with Gasteiger partial charge in [0.2, 0.25) is 17.7 Å². The predicted octanol–water partition coefficient (Wildman–Crippen LogP) is 4.69. The number of amides is 4. The second-order valence-corrected chi connectivity index (χ2v) is 13.1.